The molecule has 1 saturated carbocycles. The number of amides is 4. The molecule has 2 aliphatic heterocycles. The van der Waals surface area contributed by atoms with Crippen LogP contribution in [0.15, 0.2) is 12.2 Å². The Morgan fingerprint density at radius 2 is 1.70 bits per heavy atom. The highest BCUT2D eigenvalue weighted by molar-refractivity contribution is 6.12. The Kier molecular flexibility index (Phi) is 8.05. The molecule has 0 aromatic carbocycles. The molecule has 4 amide bonds. The van der Waals surface area contributed by atoms with Crippen LogP contribution < -0.4 is 5.32 Å². The largest absolute Gasteiger partial charge is 0.356 e. The predicted octanol–water partition coefficient (Wildman–Crippen LogP) is 2.26. The number of likely N-dealkylation sites (tertiary alicyclic amines) is 1. The van der Waals surface area contributed by atoms with E-state index in [1.54, 1.807) is 0 Å². The summed E-state index contributed by atoms with van der Waals surface area (Å²) in [6.07, 6.45) is 10.5. The zero-order valence-electron chi connectivity index (χ0n) is 18.1. The van der Waals surface area contributed by atoms with Gasteiger partial charge in [0.25, 0.3) is 11.8 Å². The summed E-state index contributed by atoms with van der Waals surface area (Å²) < 4.78 is 0. The molecule has 1 aliphatic carbocycles. The number of hydrogen-bond donors (Lipinski definition) is 1. The van der Waals surface area contributed by atoms with Crippen LogP contribution in [-0.4, -0.2) is 59.6 Å². The van der Waals surface area contributed by atoms with Gasteiger partial charge in [-0.15, -0.1) is 0 Å². The second-order valence-corrected chi connectivity index (χ2v) is 9.17. The zero-order chi connectivity index (χ0) is 21.5. The van der Waals surface area contributed by atoms with E-state index in [-0.39, 0.29) is 35.5 Å². The van der Waals surface area contributed by atoms with Gasteiger partial charge in [0.1, 0.15) is 0 Å². The van der Waals surface area contributed by atoms with Crippen LogP contribution >= 0.6 is 0 Å². The van der Waals surface area contributed by atoms with Gasteiger partial charge in [0.15, 0.2) is 0 Å². The minimum atomic E-state index is -0.225. The number of hydrogen-bond acceptors (Lipinski definition) is 4. The van der Waals surface area contributed by atoms with Crippen molar-refractivity contribution in [1.29, 1.82) is 0 Å². The standard InChI is InChI=1S/C23H35N3O4/c1-17-12-14-25(15-17)20(27)5-3-2-4-13-24-23(30)19-8-6-18(7-9-19)16-26-21(28)10-11-22(26)29/h10-11,17-19H,2-9,12-16H2,1H3,(H,24,30)/t17-,18?,19?/m1/s1. The molecule has 7 heteroatoms. The normalized spacial score (nSPS) is 26.5. The number of nitrogens with one attached hydrogen (secondary N) is 1. The van der Waals surface area contributed by atoms with E-state index >= 15 is 0 Å². The topological polar surface area (TPSA) is 86.8 Å². The molecule has 2 heterocycles. The number of carbonyl (C=O) groups excluding carboxylic acids is 4. The van der Waals surface area contributed by atoms with E-state index in [2.05, 4.69) is 12.2 Å². The first-order valence-corrected chi connectivity index (χ1v) is 11.5. The highest BCUT2D eigenvalue weighted by atomic mass is 16.2. The quantitative estimate of drug-likeness (QED) is 0.461. The van der Waals surface area contributed by atoms with Crippen LogP contribution in [0.1, 0.15) is 64.7 Å². The summed E-state index contributed by atoms with van der Waals surface area (Å²) in [5.74, 6) is 0.884. The lowest BCUT2D eigenvalue weighted by atomic mass is 9.81. The molecule has 0 spiro atoms. The van der Waals surface area contributed by atoms with Gasteiger partial charge in [0.05, 0.1) is 0 Å². The molecule has 3 rings (SSSR count). The maximum Gasteiger partial charge on any atom is 0.253 e. The summed E-state index contributed by atoms with van der Waals surface area (Å²) in [6.45, 7) is 5.12. The van der Waals surface area contributed by atoms with E-state index < -0.39 is 0 Å². The van der Waals surface area contributed by atoms with Crippen molar-refractivity contribution in [1.82, 2.24) is 15.1 Å². The van der Waals surface area contributed by atoms with Crippen molar-refractivity contribution in [3.63, 3.8) is 0 Å². The van der Waals surface area contributed by atoms with E-state index in [0.717, 1.165) is 64.5 Å². The molecule has 2 fully saturated rings. The Bertz CT molecular complexity index is 664. The number of carbonyl (C=O) groups is 4. The first kappa shape index (κ1) is 22.5. The Labute approximate surface area is 179 Å². The Hall–Kier alpha value is -2.18. The molecule has 0 aromatic heterocycles. The van der Waals surface area contributed by atoms with Gasteiger partial charge in [-0.1, -0.05) is 13.3 Å². The second-order valence-electron chi connectivity index (χ2n) is 9.17. The number of imide groups is 1. The van der Waals surface area contributed by atoms with Gasteiger partial charge >= 0.3 is 0 Å². The molecule has 1 saturated heterocycles. The number of nitrogens with zero attached hydrogens (tertiary/aromatic N) is 2. The van der Waals surface area contributed by atoms with E-state index in [1.165, 1.54) is 17.1 Å². The van der Waals surface area contributed by atoms with Crippen molar-refractivity contribution < 1.29 is 19.2 Å². The molecule has 3 aliphatic rings. The first-order valence-electron chi connectivity index (χ1n) is 11.5. The van der Waals surface area contributed by atoms with Crippen molar-refractivity contribution >= 4 is 23.6 Å². The number of unbranched alkanes of at least 4 members (excludes halogenated alkanes) is 2. The minimum Gasteiger partial charge on any atom is -0.356 e. The van der Waals surface area contributed by atoms with E-state index in [4.69, 9.17) is 0 Å². The van der Waals surface area contributed by atoms with Crippen LogP contribution in [-0.2, 0) is 19.2 Å². The van der Waals surface area contributed by atoms with Crippen LogP contribution in [0.5, 0.6) is 0 Å². The van der Waals surface area contributed by atoms with Crippen molar-refractivity contribution in [3.8, 4) is 0 Å². The fourth-order valence-electron chi connectivity index (χ4n) is 4.73. The molecule has 166 valence electrons. The first-order chi connectivity index (χ1) is 14.4. The van der Waals surface area contributed by atoms with Crippen LogP contribution in [0.2, 0.25) is 0 Å². The SMILES string of the molecule is C[C@@H]1CCN(C(=O)CCCCCNC(=O)C2CCC(CN3C(=O)C=CC3=O)CC2)C1. The van der Waals surface area contributed by atoms with Crippen molar-refractivity contribution in [2.24, 2.45) is 17.8 Å². The Balaban J connectivity index is 1.23. The van der Waals surface area contributed by atoms with Crippen LogP contribution in [0.25, 0.3) is 0 Å². The third-order valence-electron chi connectivity index (χ3n) is 6.70. The lowest BCUT2D eigenvalue weighted by Crippen LogP contribution is -2.38. The van der Waals surface area contributed by atoms with Gasteiger partial charge in [0.2, 0.25) is 11.8 Å². The summed E-state index contributed by atoms with van der Waals surface area (Å²) in [5.41, 5.74) is 0. The van der Waals surface area contributed by atoms with Gasteiger partial charge in [0, 0.05) is 50.7 Å². The second kappa shape index (κ2) is 10.7. The van der Waals surface area contributed by atoms with E-state index in [1.807, 2.05) is 4.90 Å². The maximum absolute atomic E-state index is 12.4. The molecule has 0 aromatic rings. The lowest BCUT2D eigenvalue weighted by Gasteiger charge is -2.30. The predicted molar refractivity (Wildman–Crippen MR) is 113 cm³/mol. The lowest BCUT2D eigenvalue weighted by molar-refractivity contribution is -0.138. The fourth-order valence-corrected chi connectivity index (χ4v) is 4.73. The van der Waals surface area contributed by atoms with Gasteiger partial charge in [-0.05, 0) is 56.8 Å². The molecular formula is C23H35N3O4. The van der Waals surface area contributed by atoms with Crippen molar-refractivity contribution in [2.75, 3.05) is 26.2 Å². The summed E-state index contributed by atoms with van der Waals surface area (Å²) in [5, 5.41) is 3.04. The molecule has 0 radical (unpaired) electrons. The van der Waals surface area contributed by atoms with Crippen molar-refractivity contribution in [3.05, 3.63) is 12.2 Å². The van der Waals surface area contributed by atoms with E-state index in [9.17, 15) is 19.2 Å². The number of rotatable bonds is 9. The van der Waals surface area contributed by atoms with Crippen LogP contribution in [0, 0.1) is 17.8 Å². The van der Waals surface area contributed by atoms with E-state index in [0.29, 0.717) is 25.4 Å². The van der Waals surface area contributed by atoms with Crippen LogP contribution in [0.3, 0.4) is 0 Å². The van der Waals surface area contributed by atoms with Gasteiger partial charge < -0.3 is 10.2 Å². The van der Waals surface area contributed by atoms with Crippen LogP contribution in [0.4, 0.5) is 0 Å². The van der Waals surface area contributed by atoms with Crippen molar-refractivity contribution in [2.45, 2.75) is 64.7 Å². The molecular weight excluding hydrogens is 382 g/mol. The third-order valence-corrected chi connectivity index (χ3v) is 6.70. The highest BCUT2D eigenvalue weighted by Crippen LogP contribution is 2.30. The highest BCUT2D eigenvalue weighted by Gasteiger charge is 2.31. The third kappa shape index (κ3) is 6.16. The molecule has 1 N–H and O–H groups in total. The summed E-state index contributed by atoms with van der Waals surface area (Å²) in [4.78, 5) is 51.2. The molecule has 0 unspecified atom stereocenters. The monoisotopic (exact) mass is 417 g/mol. The van der Waals surface area contributed by atoms with Gasteiger partial charge in [-0.2, -0.15) is 0 Å². The van der Waals surface area contributed by atoms with Gasteiger partial charge in [-0.25, -0.2) is 0 Å². The average Bonchev–Trinajstić information content (AvgIpc) is 3.31. The minimum absolute atomic E-state index is 0.0306. The fraction of sp³-hybridized carbons (Fsp3) is 0.739. The molecule has 1 atom stereocenters. The zero-order valence-corrected chi connectivity index (χ0v) is 18.1. The molecule has 30 heavy (non-hydrogen) atoms. The summed E-state index contributed by atoms with van der Waals surface area (Å²) in [7, 11) is 0. The Morgan fingerprint density at radius 3 is 2.33 bits per heavy atom. The Morgan fingerprint density at radius 1 is 1.00 bits per heavy atom. The van der Waals surface area contributed by atoms with Gasteiger partial charge in [-0.3, -0.25) is 24.1 Å². The smallest absolute Gasteiger partial charge is 0.253 e. The molecule has 0 bridgehead atoms. The summed E-state index contributed by atoms with van der Waals surface area (Å²) >= 11 is 0. The maximum atomic E-state index is 12.4. The molecule has 7 nitrogen and oxygen atoms in total. The summed E-state index contributed by atoms with van der Waals surface area (Å²) in [6, 6.07) is 0. The average molecular weight is 418 g/mol.